The highest BCUT2D eigenvalue weighted by Gasteiger charge is 2.37. The molecular formula is C24H33N5O6S. The quantitative estimate of drug-likeness (QED) is 0.537. The SMILES string of the molecule is C[C@@H]1CN([C@@H](C)CO)C(=O)c2cccc(NC(=O)C3CC3)c2O[C@H]1CN(C)S(=O)(=O)c1cn(C)cn1. The van der Waals surface area contributed by atoms with Crippen LogP contribution in [0.25, 0.3) is 0 Å². The number of carbonyl (C=O) groups is 2. The molecule has 12 heteroatoms. The van der Waals surface area contributed by atoms with Crippen molar-refractivity contribution < 1.29 is 27.9 Å². The number of nitrogens with one attached hydrogen (secondary N) is 1. The van der Waals surface area contributed by atoms with Gasteiger partial charge in [-0.05, 0) is 31.9 Å². The highest BCUT2D eigenvalue weighted by molar-refractivity contribution is 7.89. The van der Waals surface area contributed by atoms with Crippen molar-refractivity contribution in [1.82, 2.24) is 18.8 Å². The Balaban J connectivity index is 1.70. The van der Waals surface area contributed by atoms with Gasteiger partial charge in [-0.25, -0.2) is 13.4 Å². The van der Waals surface area contributed by atoms with Crippen LogP contribution in [-0.2, 0) is 21.9 Å². The van der Waals surface area contributed by atoms with Crippen LogP contribution in [-0.4, -0.2) is 83.0 Å². The lowest BCUT2D eigenvalue weighted by molar-refractivity contribution is -0.117. The number of sulfonamides is 1. The van der Waals surface area contributed by atoms with E-state index in [1.54, 1.807) is 41.6 Å². The van der Waals surface area contributed by atoms with Gasteiger partial charge in [-0.3, -0.25) is 9.59 Å². The number of fused-ring (bicyclic) bond motifs is 1. The van der Waals surface area contributed by atoms with Crippen molar-refractivity contribution in [1.29, 1.82) is 0 Å². The molecule has 1 aliphatic heterocycles. The third-order valence-corrected chi connectivity index (χ3v) is 8.40. The summed E-state index contributed by atoms with van der Waals surface area (Å²) in [5, 5.41) is 12.6. The number of hydrogen-bond acceptors (Lipinski definition) is 7. The van der Waals surface area contributed by atoms with Crippen molar-refractivity contribution in [2.45, 2.75) is 43.9 Å². The zero-order valence-corrected chi connectivity index (χ0v) is 21.7. The molecule has 36 heavy (non-hydrogen) atoms. The van der Waals surface area contributed by atoms with Gasteiger partial charge in [0.1, 0.15) is 6.10 Å². The molecule has 1 aliphatic carbocycles. The minimum absolute atomic E-state index is 0.0139. The molecule has 2 aliphatic rings. The summed E-state index contributed by atoms with van der Waals surface area (Å²) in [5.41, 5.74) is 0.611. The van der Waals surface area contributed by atoms with Crippen LogP contribution in [0.5, 0.6) is 5.75 Å². The predicted octanol–water partition coefficient (Wildman–Crippen LogP) is 1.31. The topological polar surface area (TPSA) is 134 Å². The second-order valence-electron chi connectivity index (χ2n) is 9.73. The monoisotopic (exact) mass is 519 g/mol. The minimum atomic E-state index is -3.89. The molecule has 2 N–H and O–H groups in total. The molecule has 2 amide bonds. The number of hydrogen-bond donors (Lipinski definition) is 2. The lowest BCUT2D eigenvalue weighted by Gasteiger charge is -2.38. The van der Waals surface area contributed by atoms with Gasteiger partial charge in [0.15, 0.2) is 10.8 Å². The van der Waals surface area contributed by atoms with Crippen LogP contribution in [0.15, 0.2) is 35.7 Å². The number of benzene rings is 1. The van der Waals surface area contributed by atoms with Crippen LogP contribution in [0.3, 0.4) is 0 Å². The van der Waals surface area contributed by atoms with Crippen molar-refractivity contribution in [3.63, 3.8) is 0 Å². The summed E-state index contributed by atoms with van der Waals surface area (Å²) in [7, 11) is -0.739. The number of rotatable bonds is 8. The smallest absolute Gasteiger partial charge is 0.261 e. The van der Waals surface area contributed by atoms with Crippen LogP contribution in [0, 0.1) is 11.8 Å². The average molecular weight is 520 g/mol. The van der Waals surface area contributed by atoms with Gasteiger partial charge in [0.05, 0.1) is 36.8 Å². The number of aryl methyl sites for hydroxylation is 1. The summed E-state index contributed by atoms with van der Waals surface area (Å²) < 4.78 is 35.4. The zero-order chi connectivity index (χ0) is 26.2. The Morgan fingerprint density at radius 3 is 2.69 bits per heavy atom. The molecule has 11 nitrogen and oxygen atoms in total. The molecule has 4 rings (SSSR count). The average Bonchev–Trinajstić information content (AvgIpc) is 3.61. The van der Waals surface area contributed by atoms with E-state index in [0.717, 1.165) is 12.8 Å². The van der Waals surface area contributed by atoms with E-state index in [-0.39, 0.29) is 59.7 Å². The molecule has 1 saturated carbocycles. The highest BCUT2D eigenvalue weighted by atomic mass is 32.2. The first-order valence-electron chi connectivity index (χ1n) is 12.0. The Kier molecular flexibility index (Phi) is 7.39. The van der Waals surface area contributed by atoms with Crippen LogP contribution in [0.1, 0.15) is 37.0 Å². The summed E-state index contributed by atoms with van der Waals surface area (Å²) in [6.07, 6.45) is 3.82. The normalized spacial score (nSPS) is 21.4. The Morgan fingerprint density at radius 2 is 2.08 bits per heavy atom. The summed E-state index contributed by atoms with van der Waals surface area (Å²) in [4.78, 5) is 31.6. The first-order chi connectivity index (χ1) is 17.0. The number of nitrogens with zero attached hydrogens (tertiary/aromatic N) is 4. The van der Waals surface area contributed by atoms with E-state index in [1.165, 1.54) is 23.9 Å². The maximum absolute atomic E-state index is 13.5. The van der Waals surface area contributed by atoms with E-state index in [9.17, 15) is 23.1 Å². The third kappa shape index (κ3) is 5.25. The fourth-order valence-electron chi connectivity index (χ4n) is 4.17. The Bertz CT molecular complexity index is 1240. The molecule has 2 aromatic rings. The Morgan fingerprint density at radius 1 is 1.36 bits per heavy atom. The molecule has 0 saturated heterocycles. The number of likely N-dealkylation sites (N-methyl/N-ethyl adjacent to an activating group) is 1. The summed E-state index contributed by atoms with van der Waals surface area (Å²) in [6.45, 7) is 3.62. The fourth-order valence-corrected chi connectivity index (χ4v) is 5.32. The first-order valence-corrected chi connectivity index (χ1v) is 13.4. The van der Waals surface area contributed by atoms with Crippen molar-refractivity contribution in [3.8, 4) is 5.75 Å². The lowest BCUT2D eigenvalue weighted by atomic mass is 9.99. The van der Waals surface area contributed by atoms with Crippen molar-refractivity contribution in [2.75, 3.05) is 32.1 Å². The van der Waals surface area contributed by atoms with Gasteiger partial charge in [-0.1, -0.05) is 13.0 Å². The molecule has 0 spiro atoms. The Labute approximate surface area is 211 Å². The molecule has 1 aromatic heterocycles. The molecule has 1 aromatic carbocycles. The summed E-state index contributed by atoms with van der Waals surface area (Å²) >= 11 is 0. The van der Waals surface area contributed by atoms with Gasteiger partial charge in [0.2, 0.25) is 5.91 Å². The summed E-state index contributed by atoms with van der Waals surface area (Å²) in [5.74, 6) is -0.618. The van der Waals surface area contributed by atoms with E-state index < -0.39 is 22.2 Å². The summed E-state index contributed by atoms with van der Waals surface area (Å²) in [6, 6.07) is 4.49. The van der Waals surface area contributed by atoms with Gasteiger partial charge in [-0.15, -0.1) is 0 Å². The van der Waals surface area contributed by atoms with E-state index in [2.05, 4.69) is 10.3 Å². The molecule has 3 atom stereocenters. The molecule has 1 fully saturated rings. The Hall–Kier alpha value is -2.96. The molecule has 0 bridgehead atoms. The maximum atomic E-state index is 13.5. The van der Waals surface area contributed by atoms with Crippen molar-refractivity contribution >= 4 is 27.5 Å². The lowest BCUT2D eigenvalue weighted by Crippen LogP contribution is -2.50. The zero-order valence-electron chi connectivity index (χ0n) is 20.9. The third-order valence-electron chi connectivity index (χ3n) is 6.69. The molecule has 0 radical (unpaired) electrons. The number of aromatic nitrogens is 2. The fraction of sp³-hybridized carbons (Fsp3) is 0.542. The number of para-hydroxylation sites is 1. The van der Waals surface area contributed by atoms with E-state index in [4.69, 9.17) is 4.74 Å². The van der Waals surface area contributed by atoms with Gasteiger partial charge in [0, 0.05) is 38.7 Å². The molecule has 0 unspecified atom stereocenters. The highest BCUT2D eigenvalue weighted by Crippen LogP contribution is 2.37. The van der Waals surface area contributed by atoms with Gasteiger partial charge in [-0.2, -0.15) is 4.31 Å². The second kappa shape index (κ2) is 10.2. The molecule has 196 valence electrons. The van der Waals surface area contributed by atoms with E-state index >= 15 is 0 Å². The second-order valence-corrected chi connectivity index (χ2v) is 11.7. The van der Waals surface area contributed by atoms with Gasteiger partial charge < -0.3 is 24.6 Å². The number of aliphatic hydroxyl groups is 1. The number of imidazole rings is 1. The van der Waals surface area contributed by atoms with Gasteiger partial charge >= 0.3 is 0 Å². The number of carbonyl (C=O) groups excluding carboxylic acids is 2. The van der Waals surface area contributed by atoms with E-state index in [0.29, 0.717) is 5.69 Å². The number of aliphatic hydroxyl groups excluding tert-OH is 1. The standard InChI is InChI=1S/C24H33N5O6S/c1-15-10-29(16(2)13-30)24(32)18-6-5-7-19(26-23(31)17-8-9-17)22(18)35-20(15)11-28(4)36(33,34)21-12-27(3)14-25-21/h5-7,12,14-17,20,30H,8-11,13H2,1-4H3,(H,26,31)/t15-,16+,20+/m1/s1. The largest absolute Gasteiger partial charge is 0.486 e. The number of amides is 2. The van der Waals surface area contributed by atoms with Crippen LogP contribution < -0.4 is 10.1 Å². The first kappa shape index (κ1) is 26.1. The molecular weight excluding hydrogens is 486 g/mol. The van der Waals surface area contributed by atoms with E-state index in [1.807, 2.05) is 6.92 Å². The van der Waals surface area contributed by atoms with Crippen LogP contribution >= 0.6 is 0 Å². The number of ether oxygens (including phenoxy) is 1. The van der Waals surface area contributed by atoms with Crippen LogP contribution in [0.4, 0.5) is 5.69 Å². The molecule has 2 heterocycles. The number of anilines is 1. The maximum Gasteiger partial charge on any atom is 0.261 e. The van der Waals surface area contributed by atoms with Crippen LogP contribution in [0.2, 0.25) is 0 Å². The minimum Gasteiger partial charge on any atom is -0.486 e. The van der Waals surface area contributed by atoms with Crippen molar-refractivity contribution in [2.24, 2.45) is 18.9 Å². The van der Waals surface area contributed by atoms with Gasteiger partial charge in [0.25, 0.3) is 15.9 Å². The predicted molar refractivity (Wildman–Crippen MR) is 132 cm³/mol. The van der Waals surface area contributed by atoms with Crippen molar-refractivity contribution in [3.05, 3.63) is 36.3 Å².